The van der Waals surface area contributed by atoms with Crippen LogP contribution in [0.4, 0.5) is 0 Å². The van der Waals surface area contributed by atoms with Gasteiger partial charge in [0.05, 0.1) is 34.4 Å². The molecule has 2 atom stereocenters. The lowest BCUT2D eigenvalue weighted by Crippen LogP contribution is -2.50. The van der Waals surface area contributed by atoms with Gasteiger partial charge in [0.25, 0.3) is 0 Å². The monoisotopic (exact) mass is 624 g/mol. The van der Waals surface area contributed by atoms with Gasteiger partial charge in [0.1, 0.15) is 6.61 Å². The maximum Gasteiger partial charge on any atom is 0.362 e. The molecular formula is C36H66NO7+. The molecule has 8 heteroatoms. The summed E-state index contributed by atoms with van der Waals surface area (Å²) in [6.07, 6.45) is 26.8. The van der Waals surface area contributed by atoms with E-state index < -0.39 is 18.1 Å². The lowest BCUT2D eigenvalue weighted by molar-refractivity contribution is -0.887. The molecule has 0 saturated heterocycles. The molecule has 0 amide bonds. The van der Waals surface area contributed by atoms with Crippen LogP contribution in [-0.2, 0) is 28.6 Å². The van der Waals surface area contributed by atoms with E-state index in [2.05, 4.69) is 32.1 Å². The van der Waals surface area contributed by atoms with Gasteiger partial charge in [-0.15, -0.1) is 0 Å². The first-order valence-electron chi connectivity index (χ1n) is 17.4. The molecule has 8 nitrogen and oxygen atoms in total. The van der Waals surface area contributed by atoms with Gasteiger partial charge in [-0.1, -0.05) is 109 Å². The highest BCUT2D eigenvalue weighted by molar-refractivity contribution is 5.72. The van der Waals surface area contributed by atoms with Crippen LogP contribution in [0.1, 0.15) is 136 Å². The van der Waals surface area contributed by atoms with Crippen molar-refractivity contribution in [3.8, 4) is 0 Å². The average molecular weight is 625 g/mol. The Kier molecular flexibility index (Phi) is 26.9. The topological polar surface area (TPSA) is 99.1 Å². The van der Waals surface area contributed by atoms with Crippen LogP contribution in [0.2, 0.25) is 0 Å². The van der Waals surface area contributed by atoms with Crippen LogP contribution in [0.25, 0.3) is 0 Å². The Balaban J connectivity index is 4.51. The van der Waals surface area contributed by atoms with Crippen molar-refractivity contribution in [2.45, 2.75) is 148 Å². The molecule has 0 bridgehead atoms. The molecule has 0 radical (unpaired) electrons. The van der Waals surface area contributed by atoms with Crippen molar-refractivity contribution < 1.29 is 38.2 Å². The molecular weight excluding hydrogens is 558 g/mol. The van der Waals surface area contributed by atoms with E-state index >= 15 is 0 Å². The lowest BCUT2D eigenvalue weighted by atomic mass is 10.1. The minimum absolute atomic E-state index is 0.0461. The fourth-order valence-electron chi connectivity index (χ4n) is 4.85. The fraction of sp³-hybridized carbons (Fsp3) is 0.806. The third-order valence-electron chi connectivity index (χ3n) is 7.62. The zero-order valence-corrected chi connectivity index (χ0v) is 28.9. The molecule has 0 aliphatic carbocycles. The Morgan fingerprint density at radius 3 is 1.84 bits per heavy atom. The van der Waals surface area contributed by atoms with E-state index in [9.17, 15) is 19.5 Å². The number of likely N-dealkylation sites (N-methyl/N-ethyl adjacent to an activating group) is 1. The normalized spacial score (nSPS) is 13.4. The quantitative estimate of drug-likeness (QED) is 0.0372. The number of carbonyl (C=O) groups is 3. The summed E-state index contributed by atoms with van der Waals surface area (Å²) < 4.78 is 17.0. The van der Waals surface area contributed by atoms with Crippen molar-refractivity contribution in [1.82, 2.24) is 0 Å². The van der Waals surface area contributed by atoms with E-state index in [0.29, 0.717) is 19.3 Å². The molecule has 0 aromatic heterocycles. The van der Waals surface area contributed by atoms with Gasteiger partial charge in [-0.2, -0.15) is 0 Å². The number of hydrogen-bond donors (Lipinski definition) is 1. The summed E-state index contributed by atoms with van der Waals surface area (Å²) >= 11 is 0. The molecule has 0 spiro atoms. The van der Waals surface area contributed by atoms with Gasteiger partial charge in [-0.25, -0.2) is 4.79 Å². The first kappa shape index (κ1) is 41.8. The van der Waals surface area contributed by atoms with Gasteiger partial charge in [0, 0.05) is 19.3 Å². The van der Waals surface area contributed by atoms with Crippen LogP contribution in [0.5, 0.6) is 0 Å². The maximum absolute atomic E-state index is 12.5. The van der Waals surface area contributed by atoms with Gasteiger partial charge in [0.15, 0.2) is 12.1 Å². The highest BCUT2D eigenvalue weighted by Gasteiger charge is 2.31. The molecule has 44 heavy (non-hydrogen) atoms. The Morgan fingerprint density at radius 2 is 1.25 bits per heavy atom. The summed E-state index contributed by atoms with van der Waals surface area (Å²) in [5, 5.41) is 9.53. The third kappa shape index (κ3) is 26.2. The number of carbonyl (C=O) groups excluding carboxylic acids is 2. The Hall–Kier alpha value is -2.19. The molecule has 0 heterocycles. The second kappa shape index (κ2) is 28.3. The standard InChI is InChI=1S/C36H65NO7/c1-6-8-10-12-14-15-16-17-18-19-21-22-24-26-34(38)43-31-32(30-42-29-28-33(36(40)41)37(3,4)5)44-35(39)27-25-23-20-13-11-9-7-2/h17-18,21-22,32-33H,6-16,19-20,23-31H2,1-5H3/p+1/b18-17+,22-21+. The summed E-state index contributed by atoms with van der Waals surface area (Å²) in [4.78, 5) is 36.5. The molecule has 0 aromatic carbocycles. The minimum atomic E-state index is -0.883. The molecule has 0 saturated carbocycles. The number of nitrogens with zero attached hydrogens (tertiary/aromatic N) is 1. The minimum Gasteiger partial charge on any atom is -0.477 e. The summed E-state index contributed by atoms with van der Waals surface area (Å²) in [6, 6.07) is -0.616. The van der Waals surface area contributed by atoms with Crippen molar-refractivity contribution in [3.63, 3.8) is 0 Å². The molecule has 1 N–H and O–H groups in total. The zero-order valence-electron chi connectivity index (χ0n) is 28.9. The van der Waals surface area contributed by atoms with Crippen LogP contribution < -0.4 is 0 Å². The van der Waals surface area contributed by atoms with Crippen molar-refractivity contribution in [1.29, 1.82) is 0 Å². The maximum atomic E-state index is 12.5. The number of ether oxygens (including phenoxy) is 3. The first-order valence-corrected chi connectivity index (χ1v) is 17.4. The molecule has 0 rings (SSSR count). The number of quaternary nitrogens is 1. The first-order chi connectivity index (χ1) is 21.1. The number of allylic oxidation sites excluding steroid dienone is 4. The summed E-state index contributed by atoms with van der Waals surface area (Å²) in [5.74, 6) is -1.56. The Morgan fingerprint density at radius 1 is 0.682 bits per heavy atom. The van der Waals surface area contributed by atoms with Crippen LogP contribution >= 0.6 is 0 Å². The Labute approximate surface area is 269 Å². The number of carboxylic acid groups (broad SMARTS) is 1. The molecule has 0 aliphatic rings. The lowest BCUT2D eigenvalue weighted by Gasteiger charge is -2.31. The van der Waals surface area contributed by atoms with Crippen molar-refractivity contribution in [2.75, 3.05) is 41.0 Å². The second-order valence-electron chi connectivity index (χ2n) is 12.8. The van der Waals surface area contributed by atoms with E-state index in [0.717, 1.165) is 32.1 Å². The van der Waals surface area contributed by atoms with E-state index in [1.165, 1.54) is 64.2 Å². The molecule has 2 unspecified atom stereocenters. The van der Waals surface area contributed by atoms with Crippen molar-refractivity contribution >= 4 is 17.9 Å². The summed E-state index contributed by atoms with van der Waals surface area (Å²) in [5.41, 5.74) is 0. The van der Waals surface area contributed by atoms with E-state index in [1.807, 2.05) is 27.2 Å². The van der Waals surface area contributed by atoms with Crippen LogP contribution in [0, 0.1) is 0 Å². The van der Waals surface area contributed by atoms with E-state index in [-0.39, 0.29) is 42.7 Å². The van der Waals surface area contributed by atoms with Gasteiger partial charge >= 0.3 is 17.9 Å². The smallest absolute Gasteiger partial charge is 0.362 e. The van der Waals surface area contributed by atoms with Gasteiger partial charge < -0.3 is 23.8 Å². The number of rotatable bonds is 30. The molecule has 0 aliphatic heterocycles. The Bertz CT molecular complexity index is 788. The van der Waals surface area contributed by atoms with E-state index in [1.54, 1.807) is 0 Å². The number of unbranched alkanes of at least 4 members (excludes halogenated alkanes) is 12. The van der Waals surface area contributed by atoms with Crippen LogP contribution in [-0.4, -0.2) is 80.6 Å². The van der Waals surface area contributed by atoms with Gasteiger partial charge in [0.2, 0.25) is 0 Å². The second-order valence-corrected chi connectivity index (χ2v) is 12.8. The highest BCUT2D eigenvalue weighted by Crippen LogP contribution is 2.12. The average Bonchev–Trinajstić information content (AvgIpc) is 2.96. The largest absolute Gasteiger partial charge is 0.477 e. The van der Waals surface area contributed by atoms with Crippen LogP contribution in [0.3, 0.4) is 0 Å². The highest BCUT2D eigenvalue weighted by atomic mass is 16.6. The van der Waals surface area contributed by atoms with Crippen molar-refractivity contribution in [2.24, 2.45) is 0 Å². The SMILES string of the molecule is CCCCCCCC/C=C/C/C=C/CCC(=O)OCC(COCCC(C(=O)O)[N+](C)(C)C)OC(=O)CCCCCCCCC. The summed E-state index contributed by atoms with van der Waals surface area (Å²) in [6.45, 7) is 4.59. The summed E-state index contributed by atoms with van der Waals surface area (Å²) in [7, 11) is 5.49. The van der Waals surface area contributed by atoms with Gasteiger partial charge in [-0.05, 0) is 32.1 Å². The predicted octanol–water partition coefficient (Wildman–Crippen LogP) is 8.18. The van der Waals surface area contributed by atoms with Crippen molar-refractivity contribution in [3.05, 3.63) is 24.3 Å². The predicted molar refractivity (Wildman–Crippen MR) is 178 cm³/mol. The third-order valence-corrected chi connectivity index (χ3v) is 7.62. The molecule has 0 aromatic rings. The number of aliphatic carboxylic acids is 1. The molecule has 0 fully saturated rings. The van der Waals surface area contributed by atoms with Gasteiger partial charge in [-0.3, -0.25) is 9.59 Å². The number of carboxylic acids is 1. The number of esters is 2. The fourth-order valence-corrected chi connectivity index (χ4v) is 4.85. The zero-order chi connectivity index (χ0) is 32.9. The van der Waals surface area contributed by atoms with Crippen LogP contribution in [0.15, 0.2) is 24.3 Å². The number of hydrogen-bond acceptors (Lipinski definition) is 6. The van der Waals surface area contributed by atoms with E-state index in [4.69, 9.17) is 14.2 Å². The molecule has 256 valence electrons.